The summed E-state index contributed by atoms with van der Waals surface area (Å²) in [7, 11) is 0. The maximum absolute atomic E-state index is 13.6. The molecule has 5 heteroatoms. The van der Waals surface area contributed by atoms with Crippen molar-refractivity contribution in [3.63, 3.8) is 0 Å². The van der Waals surface area contributed by atoms with Crippen molar-refractivity contribution in [2.75, 3.05) is 0 Å². The largest absolute Gasteiger partial charge is 0.333 e. The third kappa shape index (κ3) is 3.89. The van der Waals surface area contributed by atoms with Crippen molar-refractivity contribution >= 4 is 16.8 Å². The molecule has 6 rings (SSSR count). The maximum atomic E-state index is 13.6. The number of hydrogen-bond acceptors (Lipinski definition) is 3. The lowest BCUT2D eigenvalue weighted by Crippen LogP contribution is -2.46. The van der Waals surface area contributed by atoms with Gasteiger partial charge in [0.05, 0.1) is 5.52 Å². The van der Waals surface area contributed by atoms with Crippen LogP contribution in [0, 0.1) is 12.8 Å². The predicted octanol–water partition coefficient (Wildman–Crippen LogP) is 5.41. The summed E-state index contributed by atoms with van der Waals surface area (Å²) in [6, 6.07) is 19.5. The number of pyridine rings is 1. The summed E-state index contributed by atoms with van der Waals surface area (Å²) in [5.74, 6) is 1.80. The first-order chi connectivity index (χ1) is 16.7. The smallest absolute Gasteiger partial charge is 0.254 e. The second kappa shape index (κ2) is 8.71. The van der Waals surface area contributed by atoms with E-state index in [1.807, 2.05) is 43.7 Å². The third-order valence-electron chi connectivity index (χ3n) is 7.76. The van der Waals surface area contributed by atoms with Crippen LogP contribution in [-0.2, 0) is 13.0 Å². The molecule has 0 spiro atoms. The Hall–Kier alpha value is -3.47. The molecule has 2 aliphatic heterocycles. The molecule has 4 heterocycles. The number of carbonyl (C=O) groups is 1. The lowest BCUT2D eigenvalue weighted by atomic mass is 9.84. The van der Waals surface area contributed by atoms with E-state index in [9.17, 15) is 4.79 Å². The Bertz CT molecular complexity index is 1320. The fourth-order valence-electron chi connectivity index (χ4n) is 6.16. The fourth-order valence-corrected chi connectivity index (χ4v) is 6.16. The molecule has 172 valence electrons. The molecule has 2 aliphatic rings. The van der Waals surface area contributed by atoms with E-state index >= 15 is 0 Å². The molecule has 0 aliphatic carbocycles. The molecule has 4 aromatic rings. The molecule has 0 radical (unpaired) electrons. The van der Waals surface area contributed by atoms with Crippen LogP contribution in [0.1, 0.15) is 53.0 Å². The zero-order chi connectivity index (χ0) is 23.1. The summed E-state index contributed by atoms with van der Waals surface area (Å²) in [4.78, 5) is 24.7. The first-order valence-electron chi connectivity index (χ1n) is 12.4. The van der Waals surface area contributed by atoms with Crippen LogP contribution in [0.4, 0.5) is 0 Å². The van der Waals surface area contributed by atoms with Crippen LogP contribution in [-0.4, -0.2) is 37.4 Å². The van der Waals surface area contributed by atoms with E-state index in [2.05, 4.69) is 55.8 Å². The molecule has 5 nitrogen and oxygen atoms in total. The number of rotatable bonds is 5. The normalized spacial score (nSPS) is 21.8. The number of amides is 1. The van der Waals surface area contributed by atoms with E-state index in [0.717, 1.165) is 61.1 Å². The summed E-state index contributed by atoms with van der Waals surface area (Å²) in [5.41, 5.74) is 4.41. The Kier molecular flexibility index (Phi) is 5.40. The highest BCUT2D eigenvalue weighted by atomic mass is 16.2. The van der Waals surface area contributed by atoms with Gasteiger partial charge in [0.1, 0.15) is 5.82 Å². The fraction of sp³-hybridized carbons (Fsp3) is 0.345. The summed E-state index contributed by atoms with van der Waals surface area (Å²) < 4.78 is 2.11. The molecule has 2 bridgehead atoms. The van der Waals surface area contributed by atoms with Crippen molar-refractivity contribution in [2.45, 2.75) is 57.7 Å². The topological polar surface area (TPSA) is 51.0 Å². The highest BCUT2D eigenvalue weighted by molar-refractivity contribution is 5.95. The van der Waals surface area contributed by atoms with Gasteiger partial charge in [-0.3, -0.25) is 9.78 Å². The number of fused-ring (bicyclic) bond motifs is 3. The molecule has 0 unspecified atom stereocenters. The number of imidazole rings is 1. The van der Waals surface area contributed by atoms with Gasteiger partial charge in [0.25, 0.3) is 5.91 Å². The Labute approximate surface area is 200 Å². The first kappa shape index (κ1) is 21.1. The SMILES string of the molecule is Cc1nccn1Cc1cccc(C(=O)N2[C@H]3CC[C@H]2CC(Cc2cccc4ncccc24)C3)c1. The number of carbonyl (C=O) groups excluding carboxylic acids is 1. The van der Waals surface area contributed by atoms with Crippen LogP contribution in [0.5, 0.6) is 0 Å². The minimum Gasteiger partial charge on any atom is -0.333 e. The van der Waals surface area contributed by atoms with Gasteiger partial charge >= 0.3 is 0 Å². The van der Waals surface area contributed by atoms with Gasteiger partial charge in [0.15, 0.2) is 0 Å². The average molecular weight is 451 g/mol. The standard InChI is InChI=1S/C29H30N4O/c1-20-30-13-14-32(20)19-21-5-2-7-24(15-21)29(34)33-25-10-11-26(33)18-22(17-25)16-23-6-3-9-28-27(23)8-4-12-31-28/h2-9,12-15,22,25-26H,10-11,16-19H2,1H3/t25-,26-/m0/s1. The van der Waals surface area contributed by atoms with E-state index in [1.54, 1.807) is 0 Å². The van der Waals surface area contributed by atoms with E-state index in [4.69, 9.17) is 0 Å². The Morgan fingerprint density at radius 1 is 0.971 bits per heavy atom. The van der Waals surface area contributed by atoms with Crippen LogP contribution >= 0.6 is 0 Å². The third-order valence-corrected chi connectivity index (χ3v) is 7.76. The molecule has 2 aromatic carbocycles. The van der Waals surface area contributed by atoms with Crippen molar-refractivity contribution in [1.29, 1.82) is 0 Å². The number of aryl methyl sites for hydroxylation is 1. The van der Waals surface area contributed by atoms with Crippen LogP contribution in [0.3, 0.4) is 0 Å². The molecule has 2 fully saturated rings. The second-order valence-electron chi connectivity index (χ2n) is 9.93. The predicted molar refractivity (Wildman–Crippen MR) is 134 cm³/mol. The van der Waals surface area contributed by atoms with Crippen molar-refractivity contribution in [1.82, 2.24) is 19.4 Å². The molecule has 0 saturated carbocycles. The molecule has 0 N–H and O–H groups in total. The van der Waals surface area contributed by atoms with Gasteiger partial charge < -0.3 is 9.47 Å². The van der Waals surface area contributed by atoms with Crippen molar-refractivity contribution in [3.8, 4) is 0 Å². The lowest BCUT2D eigenvalue weighted by molar-refractivity contribution is 0.0524. The maximum Gasteiger partial charge on any atom is 0.254 e. The molecule has 1 amide bonds. The van der Waals surface area contributed by atoms with Gasteiger partial charge in [-0.1, -0.05) is 30.3 Å². The first-order valence-corrected chi connectivity index (χ1v) is 12.4. The Balaban J connectivity index is 1.18. The van der Waals surface area contributed by atoms with Crippen molar-refractivity contribution in [3.05, 3.63) is 95.7 Å². The van der Waals surface area contributed by atoms with Crippen molar-refractivity contribution < 1.29 is 4.79 Å². The number of aromatic nitrogens is 3. The van der Waals surface area contributed by atoms with E-state index in [0.29, 0.717) is 18.0 Å². The van der Waals surface area contributed by atoms with Crippen LogP contribution in [0.15, 0.2) is 73.2 Å². The Morgan fingerprint density at radius 3 is 2.59 bits per heavy atom. The highest BCUT2D eigenvalue weighted by Crippen LogP contribution is 2.41. The van der Waals surface area contributed by atoms with Crippen molar-refractivity contribution in [2.24, 2.45) is 5.92 Å². The summed E-state index contributed by atoms with van der Waals surface area (Å²) in [6.07, 6.45) is 11.2. The van der Waals surface area contributed by atoms with Crippen LogP contribution in [0.2, 0.25) is 0 Å². The lowest BCUT2D eigenvalue weighted by Gasteiger charge is -2.39. The number of benzene rings is 2. The summed E-state index contributed by atoms with van der Waals surface area (Å²) in [5, 5.41) is 1.26. The number of nitrogens with zero attached hydrogens (tertiary/aromatic N) is 4. The zero-order valence-corrected chi connectivity index (χ0v) is 19.6. The van der Waals surface area contributed by atoms with Gasteiger partial charge in [-0.15, -0.1) is 0 Å². The van der Waals surface area contributed by atoms with Crippen LogP contribution in [0.25, 0.3) is 10.9 Å². The van der Waals surface area contributed by atoms with Gasteiger partial charge in [-0.25, -0.2) is 4.98 Å². The quantitative estimate of drug-likeness (QED) is 0.408. The molecule has 2 aromatic heterocycles. The Morgan fingerprint density at radius 2 is 1.79 bits per heavy atom. The number of piperidine rings is 1. The number of hydrogen-bond donors (Lipinski definition) is 0. The summed E-state index contributed by atoms with van der Waals surface area (Å²) in [6.45, 7) is 2.74. The summed E-state index contributed by atoms with van der Waals surface area (Å²) >= 11 is 0. The van der Waals surface area contributed by atoms with Gasteiger partial charge in [0.2, 0.25) is 0 Å². The van der Waals surface area contributed by atoms with Gasteiger partial charge in [-0.2, -0.15) is 0 Å². The zero-order valence-electron chi connectivity index (χ0n) is 19.6. The van der Waals surface area contributed by atoms with E-state index in [1.165, 1.54) is 10.9 Å². The van der Waals surface area contributed by atoms with Crippen LogP contribution < -0.4 is 0 Å². The average Bonchev–Trinajstić information content (AvgIpc) is 3.38. The van der Waals surface area contributed by atoms with Gasteiger partial charge in [0, 0.05) is 48.2 Å². The minimum atomic E-state index is 0.199. The molecule has 2 saturated heterocycles. The minimum absolute atomic E-state index is 0.199. The van der Waals surface area contributed by atoms with E-state index < -0.39 is 0 Å². The second-order valence-corrected chi connectivity index (χ2v) is 9.93. The molecular weight excluding hydrogens is 420 g/mol. The highest BCUT2D eigenvalue weighted by Gasteiger charge is 2.43. The van der Waals surface area contributed by atoms with E-state index in [-0.39, 0.29) is 5.91 Å². The molecule has 34 heavy (non-hydrogen) atoms. The molecular formula is C29H30N4O. The molecule has 2 atom stereocenters. The van der Waals surface area contributed by atoms with Gasteiger partial charge in [-0.05, 0) is 80.3 Å². The monoisotopic (exact) mass is 450 g/mol.